The molecule has 5 nitrogen and oxygen atoms in total. The smallest absolute Gasteiger partial charge is 0.227 e. The second kappa shape index (κ2) is 6.30. The molecule has 0 aromatic carbocycles. The Kier molecular flexibility index (Phi) is 4.22. The van der Waals surface area contributed by atoms with E-state index in [1.165, 1.54) is 0 Å². The second-order valence-corrected chi connectivity index (χ2v) is 6.15. The van der Waals surface area contributed by atoms with E-state index in [1.807, 2.05) is 29.4 Å². The number of fused-ring (bicyclic) bond motifs is 1. The first-order valence-corrected chi connectivity index (χ1v) is 7.86. The average molecular weight is 298 g/mol. The van der Waals surface area contributed by atoms with Crippen molar-refractivity contribution in [3.8, 4) is 0 Å². The topological polar surface area (TPSA) is 51.0 Å². The van der Waals surface area contributed by atoms with E-state index < -0.39 is 0 Å². The molecule has 116 valence electrons. The van der Waals surface area contributed by atoms with Crippen molar-refractivity contribution >= 4 is 5.91 Å². The van der Waals surface area contributed by atoms with Gasteiger partial charge in [0.1, 0.15) is 5.82 Å². The fraction of sp³-hybridized carbons (Fsp3) is 0.471. The van der Waals surface area contributed by atoms with Gasteiger partial charge in [-0.3, -0.25) is 9.78 Å². The van der Waals surface area contributed by atoms with Crippen LogP contribution < -0.4 is 0 Å². The lowest BCUT2D eigenvalue weighted by Gasteiger charge is -2.32. The molecular weight excluding hydrogens is 276 g/mol. The molecule has 1 unspecified atom stereocenters. The summed E-state index contributed by atoms with van der Waals surface area (Å²) < 4.78 is 2.18. The summed E-state index contributed by atoms with van der Waals surface area (Å²) in [6.45, 7) is 6.01. The van der Waals surface area contributed by atoms with Crippen molar-refractivity contribution in [2.75, 3.05) is 6.54 Å². The van der Waals surface area contributed by atoms with Crippen molar-refractivity contribution in [1.82, 2.24) is 19.4 Å². The van der Waals surface area contributed by atoms with Gasteiger partial charge in [0, 0.05) is 37.9 Å². The summed E-state index contributed by atoms with van der Waals surface area (Å²) in [5.74, 6) is 1.49. The first-order valence-electron chi connectivity index (χ1n) is 7.86. The maximum atomic E-state index is 12.8. The third kappa shape index (κ3) is 2.89. The molecule has 1 atom stereocenters. The van der Waals surface area contributed by atoms with Crippen LogP contribution in [0.5, 0.6) is 0 Å². The van der Waals surface area contributed by atoms with Crippen LogP contribution in [0.1, 0.15) is 37.7 Å². The van der Waals surface area contributed by atoms with Gasteiger partial charge >= 0.3 is 0 Å². The van der Waals surface area contributed by atoms with E-state index in [4.69, 9.17) is 0 Å². The van der Waals surface area contributed by atoms with Gasteiger partial charge in [-0.15, -0.1) is 0 Å². The molecule has 3 heterocycles. The molecule has 0 radical (unpaired) electrons. The maximum Gasteiger partial charge on any atom is 0.227 e. The molecule has 5 heteroatoms. The Morgan fingerprint density at radius 2 is 2.23 bits per heavy atom. The van der Waals surface area contributed by atoms with Crippen molar-refractivity contribution in [3.05, 3.63) is 48.3 Å². The Labute approximate surface area is 131 Å². The number of hydrogen-bond donors (Lipinski definition) is 0. The summed E-state index contributed by atoms with van der Waals surface area (Å²) in [6.07, 6.45) is 8.71. The Morgan fingerprint density at radius 3 is 2.95 bits per heavy atom. The predicted octanol–water partition coefficient (Wildman–Crippen LogP) is 2.45. The quantitative estimate of drug-likeness (QED) is 0.874. The third-order valence-corrected chi connectivity index (χ3v) is 4.18. The first kappa shape index (κ1) is 14.8. The highest BCUT2D eigenvalue weighted by atomic mass is 16.2. The van der Waals surface area contributed by atoms with E-state index in [0.29, 0.717) is 12.3 Å². The van der Waals surface area contributed by atoms with Crippen LogP contribution in [-0.2, 0) is 17.8 Å². The van der Waals surface area contributed by atoms with Crippen molar-refractivity contribution in [2.24, 2.45) is 5.92 Å². The molecule has 0 N–H and O–H groups in total. The largest absolute Gasteiger partial charge is 0.333 e. The van der Waals surface area contributed by atoms with Gasteiger partial charge in [0.05, 0.1) is 12.5 Å². The maximum absolute atomic E-state index is 12.8. The SMILES string of the molecule is CC(C)C1c2nccn2CCCN1C(=O)Cc1cccnc1. The molecular formula is C17H22N4O. The van der Waals surface area contributed by atoms with E-state index in [0.717, 1.165) is 30.9 Å². The molecule has 0 bridgehead atoms. The number of imidazole rings is 1. The molecule has 0 fully saturated rings. The van der Waals surface area contributed by atoms with Crippen LogP contribution in [-0.4, -0.2) is 31.9 Å². The molecule has 22 heavy (non-hydrogen) atoms. The van der Waals surface area contributed by atoms with Gasteiger partial charge in [-0.1, -0.05) is 19.9 Å². The van der Waals surface area contributed by atoms with E-state index in [2.05, 4.69) is 28.4 Å². The molecule has 3 rings (SSSR count). The number of amides is 1. The Hall–Kier alpha value is -2.17. The van der Waals surface area contributed by atoms with Crippen LogP contribution in [0.3, 0.4) is 0 Å². The van der Waals surface area contributed by atoms with Gasteiger partial charge in [-0.25, -0.2) is 4.98 Å². The van der Waals surface area contributed by atoms with Crippen molar-refractivity contribution in [3.63, 3.8) is 0 Å². The summed E-state index contributed by atoms with van der Waals surface area (Å²) >= 11 is 0. The van der Waals surface area contributed by atoms with Crippen molar-refractivity contribution < 1.29 is 4.79 Å². The molecule has 1 aliphatic rings. The summed E-state index contributed by atoms with van der Waals surface area (Å²) in [6, 6.07) is 3.87. The summed E-state index contributed by atoms with van der Waals surface area (Å²) in [7, 11) is 0. The number of nitrogens with zero attached hydrogens (tertiary/aromatic N) is 4. The molecule has 2 aromatic heterocycles. The second-order valence-electron chi connectivity index (χ2n) is 6.15. The van der Waals surface area contributed by atoms with Crippen LogP contribution in [0.4, 0.5) is 0 Å². The zero-order valence-corrected chi connectivity index (χ0v) is 13.1. The van der Waals surface area contributed by atoms with E-state index in [-0.39, 0.29) is 11.9 Å². The zero-order valence-electron chi connectivity index (χ0n) is 13.1. The molecule has 0 spiro atoms. The molecule has 2 aromatic rings. The number of aryl methyl sites for hydroxylation is 1. The number of aromatic nitrogens is 3. The third-order valence-electron chi connectivity index (χ3n) is 4.18. The average Bonchev–Trinajstić information content (AvgIpc) is 2.87. The number of carbonyl (C=O) groups is 1. The van der Waals surface area contributed by atoms with Gasteiger partial charge < -0.3 is 9.47 Å². The fourth-order valence-corrected chi connectivity index (χ4v) is 3.18. The van der Waals surface area contributed by atoms with Crippen LogP contribution in [0, 0.1) is 5.92 Å². The number of carbonyl (C=O) groups excluding carboxylic acids is 1. The van der Waals surface area contributed by atoms with Gasteiger partial charge in [0.15, 0.2) is 0 Å². The van der Waals surface area contributed by atoms with Gasteiger partial charge in [0.25, 0.3) is 0 Å². The van der Waals surface area contributed by atoms with Crippen LogP contribution in [0.25, 0.3) is 0 Å². The van der Waals surface area contributed by atoms with Crippen molar-refractivity contribution in [2.45, 2.75) is 39.3 Å². The minimum absolute atomic E-state index is 0.0432. The van der Waals surface area contributed by atoms with Crippen LogP contribution >= 0.6 is 0 Å². The minimum Gasteiger partial charge on any atom is -0.333 e. The highest BCUT2D eigenvalue weighted by Crippen LogP contribution is 2.30. The molecule has 0 saturated carbocycles. The molecule has 0 saturated heterocycles. The Balaban J connectivity index is 1.86. The Morgan fingerprint density at radius 1 is 1.36 bits per heavy atom. The summed E-state index contributed by atoms with van der Waals surface area (Å²) in [5.41, 5.74) is 0.961. The fourth-order valence-electron chi connectivity index (χ4n) is 3.18. The highest BCUT2D eigenvalue weighted by molar-refractivity contribution is 5.79. The lowest BCUT2D eigenvalue weighted by atomic mass is 10.0. The van der Waals surface area contributed by atoms with Crippen LogP contribution in [0.2, 0.25) is 0 Å². The van der Waals surface area contributed by atoms with E-state index >= 15 is 0 Å². The van der Waals surface area contributed by atoms with Gasteiger partial charge in [0.2, 0.25) is 5.91 Å². The summed E-state index contributed by atoms with van der Waals surface area (Å²) in [5, 5.41) is 0. The van der Waals surface area contributed by atoms with Gasteiger partial charge in [-0.05, 0) is 24.0 Å². The number of rotatable bonds is 3. The standard InChI is InChI=1S/C17H22N4O/c1-13(2)16-17-19-7-10-20(17)8-4-9-21(16)15(22)11-14-5-3-6-18-12-14/h3,5-7,10,12-13,16H,4,8-9,11H2,1-2H3. The molecule has 0 aliphatic carbocycles. The highest BCUT2D eigenvalue weighted by Gasteiger charge is 2.32. The lowest BCUT2D eigenvalue weighted by molar-refractivity contribution is -0.134. The Bertz CT molecular complexity index is 635. The van der Waals surface area contributed by atoms with E-state index in [1.54, 1.807) is 12.4 Å². The van der Waals surface area contributed by atoms with Crippen LogP contribution in [0.15, 0.2) is 36.9 Å². The molecule has 1 aliphatic heterocycles. The van der Waals surface area contributed by atoms with E-state index in [9.17, 15) is 4.79 Å². The predicted molar refractivity (Wildman–Crippen MR) is 84.1 cm³/mol. The van der Waals surface area contributed by atoms with Gasteiger partial charge in [-0.2, -0.15) is 0 Å². The number of hydrogen-bond acceptors (Lipinski definition) is 3. The minimum atomic E-state index is 0.0432. The van der Waals surface area contributed by atoms with Crippen molar-refractivity contribution in [1.29, 1.82) is 0 Å². The zero-order chi connectivity index (χ0) is 15.5. The number of pyridine rings is 1. The summed E-state index contributed by atoms with van der Waals surface area (Å²) in [4.78, 5) is 23.4. The monoisotopic (exact) mass is 298 g/mol. The normalized spacial score (nSPS) is 18.1. The first-order chi connectivity index (χ1) is 10.7. The lowest BCUT2D eigenvalue weighted by Crippen LogP contribution is -2.38. The molecule has 1 amide bonds.